The number of hydrogen-bond donors (Lipinski definition) is 1. The van der Waals surface area contributed by atoms with E-state index in [4.69, 9.17) is 4.74 Å². The van der Waals surface area contributed by atoms with Gasteiger partial charge >= 0.3 is 0 Å². The molecule has 1 aliphatic heterocycles. The largest absolute Gasteiger partial charge is 0.497 e. The lowest BCUT2D eigenvalue weighted by Gasteiger charge is -2.37. The summed E-state index contributed by atoms with van der Waals surface area (Å²) in [7, 11) is 5.49. The van der Waals surface area contributed by atoms with Crippen molar-refractivity contribution in [3.8, 4) is 5.75 Å². The summed E-state index contributed by atoms with van der Waals surface area (Å²) in [5.74, 6) is 3.60. The van der Waals surface area contributed by atoms with E-state index >= 15 is 0 Å². The Bertz CT molecular complexity index is 763. The molecule has 1 N–H and O–H groups in total. The van der Waals surface area contributed by atoms with Gasteiger partial charge in [0.25, 0.3) is 0 Å². The first-order chi connectivity index (χ1) is 12.6. The van der Waals surface area contributed by atoms with E-state index in [2.05, 4.69) is 42.4 Å². The van der Waals surface area contributed by atoms with Crippen LogP contribution >= 0.6 is 0 Å². The molecule has 0 atom stereocenters. The van der Waals surface area contributed by atoms with Crippen LogP contribution in [0.2, 0.25) is 0 Å². The molecular weight excluding hydrogens is 330 g/mol. The van der Waals surface area contributed by atoms with Crippen molar-refractivity contribution in [3.05, 3.63) is 35.9 Å². The number of nitrogens with zero attached hydrogens (tertiary/aromatic N) is 6. The maximum atomic E-state index is 5.33. The van der Waals surface area contributed by atoms with E-state index in [9.17, 15) is 0 Å². The van der Waals surface area contributed by atoms with Crippen LogP contribution in [-0.4, -0.2) is 66.0 Å². The van der Waals surface area contributed by atoms with Crippen LogP contribution in [0.25, 0.3) is 0 Å². The minimum absolute atomic E-state index is 0.611. The molecule has 0 spiro atoms. The number of rotatable bonds is 4. The Labute approximate surface area is 154 Å². The van der Waals surface area contributed by atoms with E-state index in [-0.39, 0.29) is 0 Å². The standard InChI is InChI=1S/C18H27N7O/c1-14-21-22-17(23(14)3)13-20-18(19-2)25-10-8-24(9-11-25)15-6-5-7-16(12-15)26-4/h5-7,12H,8-11,13H2,1-4H3,(H,19,20). The summed E-state index contributed by atoms with van der Waals surface area (Å²) >= 11 is 0. The van der Waals surface area contributed by atoms with Gasteiger partial charge in [0.1, 0.15) is 11.6 Å². The number of methoxy groups -OCH3 is 1. The molecule has 0 amide bonds. The van der Waals surface area contributed by atoms with Crippen LogP contribution in [0, 0.1) is 6.92 Å². The van der Waals surface area contributed by atoms with E-state index in [0.29, 0.717) is 6.54 Å². The van der Waals surface area contributed by atoms with Gasteiger partial charge in [-0.2, -0.15) is 0 Å². The van der Waals surface area contributed by atoms with Gasteiger partial charge in [0.15, 0.2) is 11.8 Å². The summed E-state index contributed by atoms with van der Waals surface area (Å²) in [5, 5.41) is 11.7. The molecular formula is C18H27N7O. The molecule has 1 fully saturated rings. The third-order valence-corrected chi connectivity index (χ3v) is 4.80. The second-order valence-corrected chi connectivity index (χ2v) is 6.30. The Morgan fingerprint density at radius 2 is 2.00 bits per heavy atom. The van der Waals surface area contributed by atoms with Gasteiger partial charge in [0.05, 0.1) is 13.7 Å². The number of aliphatic imine (C=N–C) groups is 1. The van der Waals surface area contributed by atoms with Crippen molar-refractivity contribution >= 4 is 11.6 Å². The van der Waals surface area contributed by atoms with Gasteiger partial charge in [0, 0.05) is 52.0 Å². The quantitative estimate of drug-likeness (QED) is 0.651. The molecule has 2 heterocycles. The minimum Gasteiger partial charge on any atom is -0.497 e. The lowest BCUT2D eigenvalue weighted by Crippen LogP contribution is -2.52. The Morgan fingerprint density at radius 1 is 1.23 bits per heavy atom. The van der Waals surface area contributed by atoms with Crippen LogP contribution in [0.5, 0.6) is 5.75 Å². The van der Waals surface area contributed by atoms with Crippen molar-refractivity contribution in [2.24, 2.45) is 12.0 Å². The number of ether oxygens (including phenoxy) is 1. The summed E-state index contributed by atoms with van der Waals surface area (Å²) in [6.45, 7) is 6.26. The van der Waals surface area contributed by atoms with Crippen LogP contribution in [0.3, 0.4) is 0 Å². The van der Waals surface area contributed by atoms with Gasteiger partial charge < -0.3 is 24.4 Å². The fraction of sp³-hybridized carbons (Fsp3) is 0.500. The molecule has 0 radical (unpaired) electrons. The first kappa shape index (κ1) is 18.0. The number of aromatic nitrogens is 3. The van der Waals surface area contributed by atoms with E-state index in [0.717, 1.165) is 49.5 Å². The van der Waals surface area contributed by atoms with Crippen molar-refractivity contribution in [3.63, 3.8) is 0 Å². The van der Waals surface area contributed by atoms with Crippen molar-refractivity contribution in [1.29, 1.82) is 0 Å². The van der Waals surface area contributed by atoms with Crippen LogP contribution in [-0.2, 0) is 13.6 Å². The van der Waals surface area contributed by atoms with Gasteiger partial charge in [-0.3, -0.25) is 4.99 Å². The van der Waals surface area contributed by atoms with Crippen LogP contribution < -0.4 is 15.0 Å². The van der Waals surface area contributed by atoms with Crippen LogP contribution in [0.4, 0.5) is 5.69 Å². The Hall–Kier alpha value is -2.77. The number of nitrogens with one attached hydrogen (secondary N) is 1. The first-order valence-electron chi connectivity index (χ1n) is 8.82. The third-order valence-electron chi connectivity index (χ3n) is 4.80. The second kappa shape index (κ2) is 8.07. The zero-order chi connectivity index (χ0) is 18.5. The fourth-order valence-electron chi connectivity index (χ4n) is 3.08. The van der Waals surface area contributed by atoms with Crippen molar-refractivity contribution in [2.45, 2.75) is 13.5 Å². The number of benzene rings is 1. The molecule has 26 heavy (non-hydrogen) atoms. The van der Waals surface area contributed by atoms with Gasteiger partial charge in [-0.1, -0.05) is 6.07 Å². The Balaban J connectivity index is 1.56. The first-order valence-corrected chi connectivity index (χ1v) is 8.82. The Morgan fingerprint density at radius 3 is 2.62 bits per heavy atom. The summed E-state index contributed by atoms with van der Waals surface area (Å²) < 4.78 is 7.32. The lowest BCUT2D eigenvalue weighted by molar-refractivity contribution is 0.371. The monoisotopic (exact) mass is 357 g/mol. The highest BCUT2D eigenvalue weighted by molar-refractivity contribution is 5.80. The van der Waals surface area contributed by atoms with E-state index < -0.39 is 0 Å². The van der Waals surface area contributed by atoms with Crippen molar-refractivity contribution < 1.29 is 4.74 Å². The molecule has 8 heteroatoms. The summed E-state index contributed by atoms with van der Waals surface area (Å²) in [5.41, 5.74) is 1.20. The van der Waals surface area contributed by atoms with Crippen LogP contribution in [0.1, 0.15) is 11.6 Å². The summed E-state index contributed by atoms with van der Waals surface area (Å²) in [6, 6.07) is 8.21. The van der Waals surface area contributed by atoms with Gasteiger partial charge in [-0.15, -0.1) is 10.2 Å². The zero-order valence-electron chi connectivity index (χ0n) is 15.9. The molecule has 8 nitrogen and oxygen atoms in total. The van der Waals surface area contributed by atoms with E-state index in [1.807, 2.05) is 37.7 Å². The maximum absolute atomic E-state index is 5.33. The number of anilines is 1. The fourth-order valence-corrected chi connectivity index (χ4v) is 3.08. The average Bonchev–Trinajstić information content (AvgIpc) is 3.01. The second-order valence-electron chi connectivity index (χ2n) is 6.30. The number of guanidine groups is 1. The molecule has 1 saturated heterocycles. The van der Waals surface area contributed by atoms with Crippen LogP contribution in [0.15, 0.2) is 29.3 Å². The number of hydrogen-bond acceptors (Lipinski definition) is 5. The van der Waals surface area contributed by atoms with Crippen molar-refractivity contribution in [1.82, 2.24) is 25.0 Å². The maximum Gasteiger partial charge on any atom is 0.194 e. The predicted octanol–water partition coefficient (Wildman–Crippen LogP) is 1.03. The number of aryl methyl sites for hydroxylation is 1. The normalized spacial score (nSPS) is 15.3. The molecule has 1 aliphatic rings. The predicted molar refractivity (Wildman–Crippen MR) is 103 cm³/mol. The van der Waals surface area contributed by atoms with E-state index in [1.165, 1.54) is 5.69 Å². The molecule has 140 valence electrons. The molecule has 1 aromatic carbocycles. The highest BCUT2D eigenvalue weighted by atomic mass is 16.5. The SMILES string of the molecule is CN=C(NCc1nnc(C)n1C)N1CCN(c2cccc(OC)c2)CC1. The highest BCUT2D eigenvalue weighted by Gasteiger charge is 2.20. The molecule has 0 aliphatic carbocycles. The van der Waals surface area contributed by atoms with Gasteiger partial charge in [-0.25, -0.2) is 0 Å². The number of piperazine rings is 1. The highest BCUT2D eigenvalue weighted by Crippen LogP contribution is 2.22. The average molecular weight is 357 g/mol. The summed E-state index contributed by atoms with van der Waals surface area (Å²) in [4.78, 5) is 9.07. The van der Waals surface area contributed by atoms with Crippen molar-refractivity contribution in [2.75, 3.05) is 45.2 Å². The molecule has 0 saturated carbocycles. The molecule has 3 rings (SSSR count). The topological polar surface area (TPSA) is 70.8 Å². The molecule has 2 aromatic rings. The molecule has 0 bridgehead atoms. The zero-order valence-corrected chi connectivity index (χ0v) is 15.9. The van der Waals surface area contributed by atoms with Gasteiger partial charge in [-0.05, 0) is 19.1 Å². The molecule has 1 aromatic heterocycles. The van der Waals surface area contributed by atoms with E-state index in [1.54, 1.807) is 7.11 Å². The molecule has 0 unspecified atom stereocenters. The summed E-state index contributed by atoms with van der Waals surface area (Å²) in [6.07, 6.45) is 0. The Kier molecular flexibility index (Phi) is 5.60. The third kappa shape index (κ3) is 3.89. The lowest BCUT2D eigenvalue weighted by atomic mass is 10.2. The minimum atomic E-state index is 0.611. The smallest absolute Gasteiger partial charge is 0.194 e. The van der Waals surface area contributed by atoms with Gasteiger partial charge in [0.2, 0.25) is 0 Å².